The Labute approximate surface area is 168 Å². The van der Waals surface area contributed by atoms with Gasteiger partial charge in [0.15, 0.2) is 0 Å². The van der Waals surface area contributed by atoms with Crippen molar-refractivity contribution >= 4 is 22.4 Å². The number of nitrogens with zero attached hydrogens (tertiary/aromatic N) is 6. The highest BCUT2D eigenvalue weighted by Crippen LogP contribution is 2.28. The van der Waals surface area contributed by atoms with E-state index >= 15 is 0 Å². The maximum atomic E-state index is 12.2. The Hall–Kier alpha value is -3.40. The molecule has 0 unspecified atom stereocenters. The average Bonchev–Trinajstić information content (AvgIpc) is 3.23. The number of aryl methyl sites for hydroxylation is 3. The number of pyridine rings is 1. The number of hydrogen-bond donors (Lipinski definition) is 0. The van der Waals surface area contributed by atoms with Gasteiger partial charge in [0.1, 0.15) is 11.9 Å². The molecule has 5 rings (SSSR count). The van der Waals surface area contributed by atoms with Crippen LogP contribution in [0.1, 0.15) is 23.2 Å². The molecule has 0 radical (unpaired) electrons. The van der Waals surface area contributed by atoms with E-state index in [4.69, 9.17) is 4.98 Å². The molecule has 1 saturated heterocycles. The Balaban J connectivity index is 1.37. The van der Waals surface area contributed by atoms with Crippen molar-refractivity contribution in [1.82, 2.24) is 14.5 Å². The molecule has 146 valence electrons. The summed E-state index contributed by atoms with van der Waals surface area (Å²) in [5.41, 5.74) is 4.84. The number of benzene rings is 1. The van der Waals surface area contributed by atoms with E-state index in [0.29, 0.717) is 10.9 Å². The van der Waals surface area contributed by atoms with E-state index in [2.05, 4.69) is 20.9 Å². The monoisotopic (exact) mass is 386 g/mol. The van der Waals surface area contributed by atoms with Crippen LogP contribution >= 0.6 is 0 Å². The summed E-state index contributed by atoms with van der Waals surface area (Å²) < 4.78 is 1.50. The van der Waals surface area contributed by atoms with Gasteiger partial charge in [0.25, 0.3) is 5.56 Å². The van der Waals surface area contributed by atoms with Crippen LogP contribution in [0.2, 0.25) is 0 Å². The number of rotatable bonds is 2. The summed E-state index contributed by atoms with van der Waals surface area (Å²) in [6.45, 7) is 3.28. The average molecular weight is 386 g/mol. The number of piperazine rings is 1. The van der Waals surface area contributed by atoms with Crippen LogP contribution in [0, 0.1) is 11.3 Å². The molecule has 2 aliphatic rings. The summed E-state index contributed by atoms with van der Waals surface area (Å²) in [5.74, 6) is 0.830. The smallest absolute Gasteiger partial charge is 0.260 e. The molecule has 1 fully saturated rings. The number of fused-ring (bicyclic) bond motifs is 2. The molecule has 3 aromatic rings. The van der Waals surface area contributed by atoms with Gasteiger partial charge >= 0.3 is 0 Å². The van der Waals surface area contributed by atoms with Crippen molar-refractivity contribution in [3.63, 3.8) is 0 Å². The van der Waals surface area contributed by atoms with Crippen LogP contribution in [0.5, 0.6) is 0 Å². The van der Waals surface area contributed by atoms with Crippen molar-refractivity contribution in [3.05, 3.63) is 57.8 Å². The van der Waals surface area contributed by atoms with Crippen LogP contribution in [0.15, 0.2) is 35.4 Å². The Morgan fingerprint density at radius 2 is 1.86 bits per heavy atom. The molecule has 7 heteroatoms. The highest BCUT2D eigenvalue weighted by Gasteiger charge is 2.24. The molecule has 0 atom stereocenters. The fraction of sp³-hybridized carbons (Fsp3) is 0.364. The third kappa shape index (κ3) is 3.01. The third-order valence-corrected chi connectivity index (χ3v) is 6.00. The molecule has 7 nitrogen and oxygen atoms in total. The largest absolute Gasteiger partial charge is 0.368 e. The number of aromatic nitrogens is 3. The maximum Gasteiger partial charge on any atom is 0.260 e. The lowest BCUT2D eigenvalue weighted by atomic mass is 10.1. The fourth-order valence-corrected chi connectivity index (χ4v) is 4.36. The zero-order chi connectivity index (χ0) is 20.0. The predicted octanol–water partition coefficient (Wildman–Crippen LogP) is 2.02. The topological polar surface area (TPSA) is 78.1 Å². The predicted molar refractivity (Wildman–Crippen MR) is 112 cm³/mol. The van der Waals surface area contributed by atoms with Gasteiger partial charge in [-0.1, -0.05) is 0 Å². The van der Waals surface area contributed by atoms with Gasteiger partial charge in [-0.2, -0.15) is 5.26 Å². The van der Waals surface area contributed by atoms with Gasteiger partial charge in [0.05, 0.1) is 22.8 Å². The molecule has 0 amide bonds. The minimum atomic E-state index is -0.0295. The molecule has 1 aromatic carbocycles. The van der Waals surface area contributed by atoms with E-state index < -0.39 is 0 Å². The zero-order valence-corrected chi connectivity index (χ0v) is 16.4. The number of hydrogen-bond acceptors (Lipinski definition) is 6. The van der Waals surface area contributed by atoms with Gasteiger partial charge in [0.2, 0.25) is 0 Å². The first-order valence-electron chi connectivity index (χ1n) is 10.0. The summed E-state index contributed by atoms with van der Waals surface area (Å²) in [4.78, 5) is 26.0. The summed E-state index contributed by atoms with van der Waals surface area (Å²) >= 11 is 0. The van der Waals surface area contributed by atoms with Crippen molar-refractivity contribution in [3.8, 4) is 6.07 Å². The highest BCUT2D eigenvalue weighted by atomic mass is 16.1. The van der Waals surface area contributed by atoms with Gasteiger partial charge in [-0.25, -0.2) is 9.97 Å². The molecular weight excluding hydrogens is 364 g/mol. The van der Waals surface area contributed by atoms with E-state index in [1.807, 2.05) is 24.3 Å². The lowest BCUT2D eigenvalue weighted by Gasteiger charge is -2.37. The summed E-state index contributed by atoms with van der Waals surface area (Å²) in [5, 5.41) is 10.2. The van der Waals surface area contributed by atoms with Crippen LogP contribution in [-0.4, -0.2) is 40.7 Å². The number of anilines is 2. The van der Waals surface area contributed by atoms with Crippen LogP contribution in [-0.2, 0) is 19.9 Å². The van der Waals surface area contributed by atoms with Crippen molar-refractivity contribution in [2.45, 2.75) is 19.3 Å². The molecule has 0 N–H and O–H groups in total. The Morgan fingerprint density at radius 3 is 2.66 bits per heavy atom. The van der Waals surface area contributed by atoms with Crippen LogP contribution < -0.4 is 15.4 Å². The van der Waals surface area contributed by atoms with Gasteiger partial charge < -0.3 is 14.4 Å². The molecule has 2 aromatic heterocycles. The lowest BCUT2D eigenvalue weighted by Crippen LogP contribution is -2.47. The molecule has 0 saturated carbocycles. The normalized spacial score (nSPS) is 16.1. The summed E-state index contributed by atoms with van der Waals surface area (Å²) in [6.07, 6.45) is 4.74. The third-order valence-electron chi connectivity index (χ3n) is 6.00. The first kappa shape index (κ1) is 17.7. The first-order chi connectivity index (χ1) is 14.1. The molecule has 0 bridgehead atoms. The van der Waals surface area contributed by atoms with E-state index in [0.717, 1.165) is 68.2 Å². The molecule has 29 heavy (non-hydrogen) atoms. The van der Waals surface area contributed by atoms with Crippen LogP contribution in [0.3, 0.4) is 0 Å². The first-order valence-corrected chi connectivity index (χ1v) is 10.0. The zero-order valence-electron chi connectivity index (χ0n) is 16.4. The molecular formula is C22H22N6O. The van der Waals surface area contributed by atoms with E-state index in [9.17, 15) is 10.1 Å². The van der Waals surface area contributed by atoms with Gasteiger partial charge in [-0.15, -0.1) is 0 Å². The lowest BCUT2D eigenvalue weighted by molar-refractivity contribution is 0.646. The second-order valence-corrected chi connectivity index (χ2v) is 7.77. The summed E-state index contributed by atoms with van der Waals surface area (Å²) in [6, 6.07) is 10.2. The van der Waals surface area contributed by atoms with E-state index in [-0.39, 0.29) is 5.56 Å². The molecule has 3 heterocycles. The highest BCUT2D eigenvalue weighted by molar-refractivity contribution is 5.81. The standard InChI is InChI=1S/C22H22N6O/c1-26-14-24-20-12-17(5-6-18(20)22(26)29)27-7-9-28(10-8-27)21-16(13-23)11-15-3-2-4-19(15)25-21/h5-6,11-12,14H,2-4,7-10H2,1H3. The van der Waals surface area contributed by atoms with Gasteiger partial charge in [-0.05, 0) is 49.1 Å². The Bertz CT molecular complexity index is 1200. The van der Waals surface area contributed by atoms with Crippen LogP contribution in [0.4, 0.5) is 11.5 Å². The number of nitriles is 1. The van der Waals surface area contributed by atoms with E-state index in [1.54, 1.807) is 13.4 Å². The van der Waals surface area contributed by atoms with Crippen molar-refractivity contribution in [2.24, 2.45) is 7.05 Å². The van der Waals surface area contributed by atoms with Crippen molar-refractivity contribution < 1.29 is 0 Å². The quantitative estimate of drug-likeness (QED) is 0.671. The second kappa shape index (κ2) is 6.89. The minimum Gasteiger partial charge on any atom is -0.368 e. The second-order valence-electron chi connectivity index (χ2n) is 7.77. The Kier molecular flexibility index (Phi) is 4.20. The SMILES string of the molecule is Cn1cnc2cc(N3CCN(c4nc5c(cc4C#N)CCC5)CC3)ccc2c1=O. The summed E-state index contributed by atoms with van der Waals surface area (Å²) in [7, 11) is 1.71. The molecule has 1 aliphatic carbocycles. The van der Waals surface area contributed by atoms with Gasteiger partial charge in [-0.3, -0.25) is 4.79 Å². The van der Waals surface area contributed by atoms with Crippen LogP contribution in [0.25, 0.3) is 10.9 Å². The van der Waals surface area contributed by atoms with Gasteiger partial charge in [0, 0.05) is 44.6 Å². The molecule has 0 spiro atoms. The fourth-order valence-electron chi connectivity index (χ4n) is 4.36. The minimum absolute atomic E-state index is 0.0295. The Morgan fingerprint density at radius 1 is 1.07 bits per heavy atom. The van der Waals surface area contributed by atoms with E-state index in [1.165, 1.54) is 10.1 Å². The van der Waals surface area contributed by atoms with Crippen molar-refractivity contribution in [2.75, 3.05) is 36.0 Å². The maximum absolute atomic E-state index is 12.2. The van der Waals surface area contributed by atoms with Crippen molar-refractivity contribution in [1.29, 1.82) is 5.26 Å². The molecule has 1 aliphatic heterocycles.